The van der Waals surface area contributed by atoms with Crippen molar-refractivity contribution in [1.29, 1.82) is 0 Å². The molecule has 0 radical (unpaired) electrons. The minimum absolute atomic E-state index is 0.128. The average molecular weight is 273 g/mol. The summed E-state index contributed by atoms with van der Waals surface area (Å²) in [7, 11) is 0. The van der Waals surface area contributed by atoms with Gasteiger partial charge in [0.25, 0.3) is 0 Å². The highest BCUT2D eigenvalue weighted by Gasteiger charge is 2.34. The molecule has 19 heavy (non-hydrogen) atoms. The molecule has 1 rings (SSSR count). The average Bonchev–Trinajstić information content (AvgIpc) is 2.26. The van der Waals surface area contributed by atoms with Crippen molar-refractivity contribution in [3.63, 3.8) is 0 Å². The van der Waals surface area contributed by atoms with Crippen molar-refractivity contribution in [3.05, 3.63) is 0 Å². The van der Waals surface area contributed by atoms with Gasteiger partial charge < -0.3 is 19.5 Å². The summed E-state index contributed by atoms with van der Waals surface area (Å²) < 4.78 is 10.4. The van der Waals surface area contributed by atoms with E-state index >= 15 is 0 Å². The van der Waals surface area contributed by atoms with E-state index in [2.05, 4.69) is 0 Å². The van der Waals surface area contributed by atoms with Crippen LogP contribution in [0.25, 0.3) is 0 Å². The molecule has 1 fully saturated rings. The number of ether oxygens (including phenoxy) is 2. The number of likely N-dealkylation sites (tertiary alicyclic amines) is 1. The van der Waals surface area contributed by atoms with Gasteiger partial charge in [0.2, 0.25) is 0 Å². The fraction of sp³-hybridized carbons (Fsp3) is 0.846. The smallest absolute Gasteiger partial charge is 0.410 e. The zero-order valence-electron chi connectivity index (χ0n) is 12.0. The number of carbonyl (C=O) groups excluding carboxylic acids is 2. The van der Waals surface area contributed by atoms with Gasteiger partial charge in [0.05, 0.1) is 6.61 Å². The van der Waals surface area contributed by atoms with Crippen molar-refractivity contribution in [1.82, 2.24) is 4.90 Å². The molecule has 0 spiro atoms. The summed E-state index contributed by atoms with van der Waals surface area (Å²) in [6.45, 7) is 7.43. The second-order valence-electron chi connectivity index (χ2n) is 5.81. The number of hydrogen-bond acceptors (Lipinski definition) is 5. The topological polar surface area (TPSA) is 76.1 Å². The van der Waals surface area contributed by atoms with E-state index in [0.29, 0.717) is 19.5 Å². The number of piperidine rings is 1. The highest BCUT2D eigenvalue weighted by molar-refractivity contribution is 5.68. The molecule has 2 unspecified atom stereocenters. The van der Waals surface area contributed by atoms with Crippen LogP contribution in [-0.2, 0) is 14.3 Å². The van der Waals surface area contributed by atoms with Crippen molar-refractivity contribution in [2.75, 3.05) is 19.7 Å². The van der Waals surface area contributed by atoms with Gasteiger partial charge in [0.1, 0.15) is 11.7 Å². The first kappa shape index (κ1) is 15.8. The Balaban J connectivity index is 2.58. The van der Waals surface area contributed by atoms with Crippen LogP contribution in [0.15, 0.2) is 0 Å². The van der Waals surface area contributed by atoms with Crippen LogP contribution in [0.1, 0.15) is 34.1 Å². The highest BCUT2D eigenvalue weighted by Crippen LogP contribution is 2.22. The molecule has 1 heterocycles. The van der Waals surface area contributed by atoms with Gasteiger partial charge in [-0.05, 0) is 20.8 Å². The Hall–Kier alpha value is -1.30. The van der Waals surface area contributed by atoms with E-state index in [-0.39, 0.29) is 24.6 Å². The molecular weight excluding hydrogens is 250 g/mol. The molecule has 2 atom stereocenters. The number of rotatable bonds is 2. The molecule has 110 valence electrons. The van der Waals surface area contributed by atoms with E-state index in [1.165, 1.54) is 6.92 Å². The third-order valence-electron chi connectivity index (χ3n) is 2.87. The number of amides is 1. The fourth-order valence-electron chi connectivity index (χ4n) is 2.05. The van der Waals surface area contributed by atoms with Crippen LogP contribution in [0.5, 0.6) is 0 Å². The maximum atomic E-state index is 11.9. The Kier molecular flexibility index (Phi) is 5.17. The van der Waals surface area contributed by atoms with Crippen molar-refractivity contribution in [2.45, 2.75) is 45.8 Å². The number of carbonyl (C=O) groups is 2. The number of esters is 1. The van der Waals surface area contributed by atoms with Crippen molar-refractivity contribution in [3.8, 4) is 0 Å². The van der Waals surface area contributed by atoms with E-state index in [4.69, 9.17) is 9.47 Å². The number of nitrogens with zero attached hydrogens (tertiary/aromatic N) is 1. The van der Waals surface area contributed by atoms with E-state index < -0.39 is 11.7 Å². The number of hydrogen-bond donors (Lipinski definition) is 1. The minimum Gasteiger partial charge on any atom is -0.462 e. The van der Waals surface area contributed by atoms with Crippen molar-refractivity contribution in [2.24, 2.45) is 5.92 Å². The lowest BCUT2D eigenvalue weighted by Gasteiger charge is -2.37. The molecule has 0 bridgehead atoms. The molecule has 0 aromatic carbocycles. The third-order valence-corrected chi connectivity index (χ3v) is 2.87. The molecule has 0 aliphatic carbocycles. The van der Waals surface area contributed by atoms with Gasteiger partial charge >= 0.3 is 12.1 Å². The Morgan fingerprint density at radius 2 is 2.00 bits per heavy atom. The molecule has 0 saturated carbocycles. The maximum absolute atomic E-state index is 11.9. The van der Waals surface area contributed by atoms with Crippen LogP contribution in [0.2, 0.25) is 0 Å². The van der Waals surface area contributed by atoms with Gasteiger partial charge in [-0.2, -0.15) is 0 Å². The van der Waals surface area contributed by atoms with E-state index in [1.807, 2.05) is 0 Å². The summed E-state index contributed by atoms with van der Waals surface area (Å²) >= 11 is 0. The van der Waals surface area contributed by atoms with Crippen LogP contribution in [-0.4, -0.2) is 53.5 Å². The molecule has 1 aliphatic rings. The SMILES string of the molecule is CC(=O)OC1CCN(C(=O)OC(C)(C)C)CC1CO. The second-order valence-corrected chi connectivity index (χ2v) is 5.81. The molecule has 1 N–H and O–H groups in total. The van der Waals surface area contributed by atoms with E-state index in [1.54, 1.807) is 25.7 Å². The molecular formula is C13H23NO5. The van der Waals surface area contributed by atoms with Crippen LogP contribution >= 0.6 is 0 Å². The normalized spacial score (nSPS) is 23.9. The third kappa shape index (κ3) is 5.06. The molecule has 1 aliphatic heterocycles. The summed E-state index contributed by atoms with van der Waals surface area (Å²) in [5.41, 5.74) is -0.543. The number of aliphatic hydroxyl groups excluding tert-OH is 1. The molecule has 0 aromatic rings. The van der Waals surface area contributed by atoms with E-state index in [0.717, 1.165) is 0 Å². The lowest BCUT2D eigenvalue weighted by Crippen LogP contribution is -2.49. The van der Waals surface area contributed by atoms with Crippen molar-refractivity contribution < 1.29 is 24.2 Å². The van der Waals surface area contributed by atoms with E-state index in [9.17, 15) is 14.7 Å². The second kappa shape index (κ2) is 6.23. The lowest BCUT2D eigenvalue weighted by molar-refractivity contribution is -0.152. The highest BCUT2D eigenvalue weighted by atomic mass is 16.6. The summed E-state index contributed by atoms with van der Waals surface area (Å²) in [5.74, 6) is -0.626. The Morgan fingerprint density at radius 1 is 1.37 bits per heavy atom. The Bertz CT molecular complexity index is 336. The lowest BCUT2D eigenvalue weighted by atomic mass is 9.95. The van der Waals surface area contributed by atoms with Crippen molar-refractivity contribution >= 4 is 12.1 Å². The first-order valence-electron chi connectivity index (χ1n) is 6.49. The van der Waals surface area contributed by atoms with Crippen LogP contribution in [0, 0.1) is 5.92 Å². The Labute approximate surface area is 113 Å². The predicted molar refractivity (Wildman–Crippen MR) is 68.6 cm³/mol. The number of aliphatic hydroxyl groups is 1. The monoisotopic (exact) mass is 273 g/mol. The van der Waals surface area contributed by atoms with Gasteiger partial charge in [0.15, 0.2) is 0 Å². The van der Waals surface area contributed by atoms with Crippen LogP contribution in [0.3, 0.4) is 0 Å². The zero-order chi connectivity index (χ0) is 14.6. The summed E-state index contributed by atoms with van der Waals surface area (Å²) in [5, 5.41) is 9.34. The maximum Gasteiger partial charge on any atom is 0.410 e. The van der Waals surface area contributed by atoms with Gasteiger partial charge in [-0.15, -0.1) is 0 Å². The zero-order valence-corrected chi connectivity index (χ0v) is 12.0. The Morgan fingerprint density at radius 3 is 2.47 bits per heavy atom. The summed E-state index contributed by atoms with van der Waals surface area (Å²) in [6, 6.07) is 0. The predicted octanol–water partition coefficient (Wildman–Crippen LogP) is 1.17. The van der Waals surface area contributed by atoms with Gasteiger partial charge in [0, 0.05) is 32.4 Å². The quantitative estimate of drug-likeness (QED) is 0.764. The molecule has 1 amide bonds. The standard InChI is InChI=1S/C13H23NO5/c1-9(16)18-11-5-6-14(7-10(11)8-15)12(17)19-13(2,3)4/h10-11,15H,5-8H2,1-4H3. The first-order valence-corrected chi connectivity index (χ1v) is 6.49. The summed E-state index contributed by atoms with van der Waals surface area (Å²) in [6.07, 6.45) is -0.210. The van der Waals surface area contributed by atoms with Gasteiger partial charge in [-0.3, -0.25) is 4.79 Å². The van der Waals surface area contributed by atoms with Gasteiger partial charge in [-0.1, -0.05) is 0 Å². The molecule has 6 heteroatoms. The largest absolute Gasteiger partial charge is 0.462 e. The summed E-state index contributed by atoms with van der Waals surface area (Å²) in [4.78, 5) is 24.4. The fourth-order valence-corrected chi connectivity index (χ4v) is 2.05. The first-order chi connectivity index (χ1) is 8.73. The van der Waals surface area contributed by atoms with Gasteiger partial charge in [-0.25, -0.2) is 4.79 Å². The molecule has 6 nitrogen and oxygen atoms in total. The minimum atomic E-state index is -0.543. The molecule has 0 aromatic heterocycles. The van der Waals surface area contributed by atoms with Crippen LogP contribution < -0.4 is 0 Å². The van der Waals surface area contributed by atoms with Crippen LogP contribution in [0.4, 0.5) is 4.79 Å². The molecule has 1 saturated heterocycles.